The summed E-state index contributed by atoms with van der Waals surface area (Å²) >= 11 is 0. The highest BCUT2D eigenvalue weighted by Gasteiger charge is 2.51. The molecule has 1 aliphatic heterocycles. The molecule has 0 aromatic carbocycles. The first-order chi connectivity index (χ1) is 11.5. The third-order valence-corrected chi connectivity index (χ3v) is 9.45. The van der Waals surface area contributed by atoms with E-state index in [1.165, 1.54) is 0 Å². The number of nitrogens with zero attached hydrogens (tertiary/aromatic N) is 1. The van der Waals surface area contributed by atoms with Gasteiger partial charge in [0.05, 0.1) is 39.6 Å². The Morgan fingerprint density at radius 3 is 1.54 bits per heavy atom. The molecule has 1 heterocycles. The van der Waals surface area contributed by atoms with E-state index in [2.05, 4.69) is 0 Å². The third-order valence-electron chi connectivity index (χ3n) is 3.49. The van der Waals surface area contributed by atoms with Crippen LogP contribution >= 0.6 is 15.2 Å². The smallest absolute Gasteiger partial charge is 0.347 e. The van der Waals surface area contributed by atoms with Gasteiger partial charge in [0.25, 0.3) is 0 Å². The van der Waals surface area contributed by atoms with Gasteiger partial charge < -0.3 is 22.8 Å². The predicted octanol–water partition coefficient (Wildman–Crippen LogP) is 3.18. The third kappa shape index (κ3) is 6.19. The van der Waals surface area contributed by atoms with Crippen molar-refractivity contribution in [3.05, 3.63) is 0 Å². The fourth-order valence-electron chi connectivity index (χ4n) is 2.53. The molecule has 1 fully saturated rings. The molecule has 8 nitrogen and oxygen atoms in total. The highest BCUT2D eigenvalue weighted by molar-refractivity contribution is 7.72. The molecule has 0 saturated carbocycles. The van der Waals surface area contributed by atoms with Gasteiger partial charge in [-0.3, -0.25) is 14.0 Å². The summed E-state index contributed by atoms with van der Waals surface area (Å²) in [5.41, 5.74) is 0. The Kier molecular flexibility index (Phi) is 10.2. The van der Waals surface area contributed by atoms with Crippen molar-refractivity contribution in [3.63, 3.8) is 0 Å². The van der Waals surface area contributed by atoms with Crippen molar-refractivity contribution in [1.29, 1.82) is 0 Å². The van der Waals surface area contributed by atoms with Crippen LogP contribution in [0.3, 0.4) is 0 Å². The molecule has 0 radical (unpaired) electrons. The van der Waals surface area contributed by atoms with Crippen LogP contribution in [0.4, 0.5) is 0 Å². The van der Waals surface area contributed by atoms with Crippen LogP contribution < -0.4 is 0 Å². The van der Waals surface area contributed by atoms with Gasteiger partial charge in [0.1, 0.15) is 0 Å². The number of hydrogen-bond donors (Lipinski definition) is 0. The summed E-state index contributed by atoms with van der Waals surface area (Å²) < 4.78 is 53.9. The molecule has 1 aliphatic rings. The van der Waals surface area contributed by atoms with Gasteiger partial charge in [0.2, 0.25) is 0 Å². The second-order valence-electron chi connectivity index (χ2n) is 5.14. The minimum atomic E-state index is -3.67. The van der Waals surface area contributed by atoms with Gasteiger partial charge >= 0.3 is 15.2 Å². The lowest BCUT2D eigenvalue weighted by Gasteiger charge is -2.36. The Morgan fingerprint density at radius 2 is 1.21 bits per heavy atom. The fraction of sp³-hybridized carbons (Fsp3) is 1.00. The van der Waals surface area contributed by atoms with E-state index in [1.54, 1.807) is 27.7 Å². The van der Waals surface area contributed by atoms with Crippen LogP contribution in [0.5, 0.6) is 0 Å². The summed E-state index contributed by atoms with van der Waals surface area (Å²) in [5, 5.41) is -0.983. The van der Waals surface area contributed by atoms with Crippen LogP contribution in [0.15, 0.2) is 0 Å². The average Bonchev–Trinajstić information content (AvgIpc) is 2.54. The van der Waals surface area contributed by atoms with Gasteiger partial charge in [-0.15, -0.1) is 0 Å². The molecule has 0 bridgehead atoms. The maximum absolute atomic E-state index is 13.3. The first-order valence-electron chi connectivity index (χ1n) is 8.53. The van der Waals surface area contributed by atoms with Crippen LogP contribution in [0.1, 0.15) is 27.7 Å². The quantitative estimate of drug-likeness (QED) is 0.472. The normalized spacial score (nSPS) is 17.5. The van der Waals surface area contributed by atoms with Crippen LogP contribution in [-0.2, 0) is 32.0 Å². The molecule has 144 valence electrons. The van der Waals surface area contributed by atoms with Crippen molar-refractivity contribution in [1.82, 2.24) is 4.90 Å². The van der Waals surface area contributed by atoms with Crippen LogP contribution in [-0.4, -0.2) is 69.6 Å². The van der Waals surface area contributed by atoms with Gasteiger partial charge in [-0.1, -0.05) is 0 Å². The predicted molar refractivity (Wildman–Crippen MR) is 92.8 cm³/mol. The summed E-state index contributed by atoms with van der Waals surface area (Å²) in [6.45, 7) is 10.4. The largest absolute Gasteiger partial charge is 0.379 e. The zero-order valence-corrected chi connectivity index (χ0v) is 16.9. The van der Waals surface area contributed by atoms with E-state index in [4.69, 9.17) is 22.8 Å². The van der Waals surface area contributed by atoms with Gasteiger partial charge in [-0.05, 0) is 27.7 Å². The molecule has 0 N–H and O–H groups in total. The van der Waals surface area contributed by atoms with E-state index in [0.29, 0.717) is 26.3 Å². The molecule has 0 unspecified atom stereocenters. The maximum Gasteiger partial charge on any atom is 0.347 e. The van der Waals surface area contributed by atoms with E-state index in [0.717, 1.165) is 0 Å². The lowest BCUT2D eigenvalue weighted by molar-refractivity contribution is 0.0374. The molecule has 0 spiro atoms. The van der Waals surface area contributed by atoms with Gasteiger partial charge in [-0.2, -0.15) is 0 Å². The minimum absolute atomic E-state index is 0.190. The van der Waals surface area contributed by atoms with Crippen molar-refractivity contribution in [3.8, 4) is 0 Å². The minimum Gasteiger partial charge on any atom is -0.379 e. The molecule has 0 aromatic rings. The molecule has 0 aliphatic carbocycles. The molecular weight excluding hydrogens is 356 g/mol. The van der Waals surface area contributed by atoms with Crippen molar-refractivity contribution in [2.75, 3.05) is 59.3 Å². The Morgan fingerprint density at radius 1 is 0.833 bits per heavy atom. The molecular formula is C14H31NO7P2. The monoisotopic (exact) mass is 387 g/mol. The van der Waals surface area contributed by atoms with Crippen LogP contribution in [0, 0.1) is 0 Å². The highest BCUT2D eigenvalue weighted by atomic mass is 31.2. The first kappa shape index (κ1) is 22.3. The Bertz CT molecular complexity index is 393. The Labute approximate surface area is 145 Å². The number of morpholine rings is 1. The second-order valence-corrected chi connectivity index (χ2v) is 9.99. The molecule has 10 heteroatoms. The van der Waals surface area contributed by atoms with Crippen molar-refractivity contribution in [2.45, 2.75) is 33.1 Å². The van der Waals surface area contributed by atoms with E-state index in [9.17, 15) is 9.13 Å². The van der Waals surface area contributed by atoms with Crippen LogP contribution in [0.25, 0.3) is 0 Å². The van der Waals surface area contributed by atoms with E-state index in [-0.39, 0.29) is 33.0 Å². The van der Waals surface area contributed by atoms with Gasteiger partial charge in [0.15, 0.2) is 5.40 Å². The number of hydrogen-bond acceptors (Lipinski definition) is 8. The summed E-state index contributed by atoms with van der Waals surface area (Å²) in [6.07, 6.45) is 0. The zero-order chi connectivity index (χ0) is 18.1. The first-order valence-corrected chi connectivity index (χ1v) is 11.8. The summed E-state index contributed by atoms with van der Waals surface area (Å²) in [5.74, 6) is 0. The van der Waals surface area contributed by atoms with Gasteiger partial charge in [-0.25, -0.2) is 0 Å². The molecule has 0 amide bonds. The van der Waals surface area contributed by atoms with Crippen molar-refractivity contribution in [2.24, 2.45) is 0 Å². The Hall–Kier alpha value is 0.220. The fourth-order valence-corrected chi connectivity index (χ4v) is 7.85. The van der Waals surface area contributed by atoms with Crippen molar-refractivity contribution >= 4 is 15.2 Å². The average molecular weight is 387 g/mol. The number of ether oxygens (including phenoxy) is 1. The van der Waals surface area contributed by atoms with E-state index in [1.807, 2.05) is 4.90 Å². The van der Waals surface area contributed by atoms with Crippen molar-refractivity contribution < 1.29 is 32.0 Å². The maximum atomic E-state index is 13.3. The lowest BCUT2D eigenvalue weighted by atomic mass is 10.4. The Balaban J connectivity index is 3.15. The summed E-state index contributed by atoms with van der Waals surface area (Å²) in [6, 6.07) is 0. The SMILES string of the molecule is CCOP(=O)(OCC)C(CN1CCOCC1)P(=O)(OCC)OCC. The molecule has 0 aromatic heterocycles. The lowest BCUT2D eigenvalue weighted by Crippen LogP contribution is -2.41. The summed E-state index contributed by atoms with van der Waals surface area (Å²) in [7, 11) is -7.35. The van der Waals surface area contributed by atoms with Gasteiger partial charge in [0, 0.05) is 19.6 Å². The molecule has 24 heavy (non-hydrogen) atoms. The van der Waals surface area contributed by atoms with E-state index >= 15 is 0 Å². The highest BCUT2D eigenvalue weighted by Crippen LogP contribution is 2.70. The standard InChI is InChI=1S/C14H31NO7P2/c1-5-19-23(16,20-6-2)14(13-15-9-11-18-12-10-15)24(17,21-7-3)22-8-4/h14H,5-13H2,1-4H3. The van der Waals surface area contributed by atoms with E-state index < -0.39 is 20.6 Å². The summed E-state index contributed by atoms with van der Waals surface area (Å²) in [4.78, 5) is 2.03. The molecule has 1 rings (SSSR count). The topological polar surface area (TPSA) is 83.5 Å². The molecule has 0 atom stereocenters. The number of rotatable bonds is 12. The van der Waals surface area contributed by atoms with Crippen LogP contribution in [0.2, 0.25) is 0 Å². The zero-order valence-electron chi connectivity index (χ0n) is 15.1. The second kappa shape index (κ2) is 11.0. The molecule has 1 saturated heterocycles.